The standard InChI is InChI=1S/C27H31ClFN5O4/c1-16-11-18(14-34(16,2)27(35)32-17-7-9-37-10-8-17)38-24-12-19-22(13-23(24)36-3)30-15-31-26(19)33-21-6-4-5-20(28)25(21)29/h4-6,12-13,15-18H,7-11,14H2,1-3H3,(H-,30,31,32,33,35)/p+1/t16?,18-,34?/m0/s1. The van der Waals surface area contributed by atoms with Gasteiger partial charge >= 0.3 is 6.03 Å². The quantitative estimate of drug-likeness (QED) is 0.419. The average molecular weight is 545 g/mol. The van der Waals surface area contributed by atoms with E-state index >= 15 is 0 Å². The van der Waals surface area contributed by atoms with Crippen molar-refractivity contribution in [3.05, 3.63) is 47.5 Å². The van der Waals surface area contributed by atoms with Crippen molar-refractivity contribution in [3.63, 3.8) is 0 Å². The van der Waals surface area contributed by atoms with Gasteiger partial charge in [0.1, 0.15) is 18.7 Å². The Hall–Kier alpha value is -3.21. The Morgan fingerprint density at radius 3 is 2.76 bits per heavy atom. The summed E-state index contributed by atoms with van der Waals surface area (Å²) >= 11 is 5.95. The van der Waals surface area contributed by atoms with Crippen molar-refractivity contribution in [1.82, 2.24) is 15.3 Å². The largest absolute Gasteiger partial charge is 0.493 e. The van der Waals surface area contributed by atoms with Crippen LogP contribution in [0.1, 0.15) is 26.2 Å². The van der Waals surface area contributed by atoms with Crippen molar-refractivity contribution in [2.75, 3.05) is 39.2 Å². The van der Waals surface area contributed by atoms with Crippen LogP contribution in [0, 0.1) is 5.82 Å². The van der Waals surface area contributed by atoms with Crippen LogP contribution in [0.4, 0.5) is 20.7 Å². The number of nitrogens with zero attached hydrogens (tertiary/aromatic N) is 3. The van der Waals surface area contributed by atoms with Crippen molar-refractivity contribution in [2.45, 2.75) is 44.4 Å². The fraction of sp³-hybridized carbons (Fsp3) is 0.444. The molecule has 2 aliphatic rings. The highest BCUT2D eigenvalue weighted by molar-refractivity contribution is 6.31. The number of amides is 2. The van der Waals surface area contributed by atoms with E-state index in [1.54, 1.807) is 31.4 Å². The minimum absolute atomic E-state index is 0.00408. The lowest BCUT2D eigenvalue weighted by Crippen LogP contribution is -2.59. The first kappa shape index (κ1) is 26.4. The second kappa shape index (κ2) is 10.9. The fourth-order valence-corrected chi connectivity index (χ4v) is 5.32. The number of ether oxygens (including phenoxy) is 3. The van der Waals surface area contributed by atoms with Crippen LogP contribution in [0.15, 0.2) is 36.7 Å². The zero-order chi connectivity index (χ0) is 26.9. The number of benzene rings is 2. The highest BCUT2D eigenvalue weighted by Crippen LogP contribution is 2.38. The van der Waals surface area contributed by atoms with Gasteiger partial charge in [-0.15, -0.1) is 0 Å². The van der Waals surface area contributed by atoms with Gasteiger partial charge in [0.15, 0.2) is 23.4 Å². The van der Waals surface area contributed by atoms with Gasteiger partial charge in [-0.3, -0.25) is 0 Å². The van der Waals surface area contributed by atoms with Crippen molar-refractivity contribution in [1.29, 1.82) is 0 Å². The Morgan fingerprint density at radius 1 is 1.21 bits per heavy atom. The van der Waals surface area contributed by atoms with Gasteiger partial charge in [-0.05, 0) is 38.0 Å². The molecule has 2 N–H and O–H groups in total. The number of carbonyl (C=O) groups is 1. The smallest absolute Gasteiger partial charge is 0.416 e. The molecule has 0 bridgehead atoms. The first-order valence-corrected chi connectivity index (χ1v) is 13.1. The van der Waals surface area contributed by atoms with Crippen LogP contribution >= 0.6 is 11.6 Å². The predicted octanol–water partition coefficient (Wildman–Crippen LogP) is 5.05. The number of aromatic nitrogens is 2. The first-order valence-electron chi connectivity index (χ1n) is 12.7. The van der Waals surface area contributed by atoms with Crippen LogP contribution in [-0.4, -0.2) is 72.6 Å². The lowest BCUT2D eigenvalue weighted by atomic mass is 10.1. The summed E-state index contributed by atoms with van der Waals surface area (Å²) in [4.78, 5) is 22.0. The van der Waals surface area contributed by atoms with Gasteiger partial charge in [-0.2, -0.15) is 0 Å². The molecule has 0 saturated carbocycles. The molecule has 2 unspecified atom stereocenters. The molecule has 202 valence electrons. The molecule has 1 aromatic heterocycles. The van der Waals surface area contributed by atoms with Crippen molar-refractivity contribution < 1.29 is 27.9 Å². The maximum absolute atomic E-state index is 14.6. The third-order valence-corrected chi connectivity index (χ3v) is 7.88. The lowest BCUT2D eigenvalue weighted by Gasteiger charge is -2.33. The number of hydrogen-bond donors (Lipinski definition) is 2. The molecule has 2 fully saturated rings. The maximum atomic E-state index is 14.6. The van der Waals surface area contributed by atoms with Crippen LogP contribution < -0.4 is 20.1 Å². The van der Waals surface area contributed by atoms with E-state index in [1.807, 2.05) is 7.05 Å². The molecular weight excluding hydrogens is 513 g/mol. The van der Waals surface area contributed by atoms with Gasteiger partial charge in [0.2, 0.25) is 0 Å². The summed E-state index contributed by atoms with van der Waals surface area (Å²) in [6, 6.07) is 8.47. The summed E-state index contributed by atoms with van der Waals surface area (Å²) in [7, 11) is 3.52. The molecule has 2 aromatic carbocycles. The summed E-state index contributed by atoms with van der Waals surface area (Å²) in [5.41, 5.74) is 0.800. The molecule has 2 aliphatic heterocycles. The predicted molar refractivity (Wildman–Crippen MR) is 143 cm³/mol. The van der Waals surface area contributed by atoms with Crippen molar-refractivity contribution in [3.8, 4) is 11.5 Å². The lowest BCUT2D eigenvalue weighted by molar-refractivity contribution is -0.841. The van der Waals surface area contributed by atoms with Crippen LogP contribution in [0.2, 0.25) is 5.02 Å². The van der Waals surface area contributed by atoms with Crippen LogP contribution in [-0.2, 0) is 4.74 Å². The second-order valence-electron chi connectivity index (χ2n) is 10.1. The summed E-state index contributed by atoms with van der Waals surface area (Å²) in [6.45, 7) is 3.92. The minimum Gasteiger partial charge on any atom is -0.493 e. The zero-order valence-corrected chi connectivity index (χ0v) is 22.4. The number of anilines is 2. The highest BCUT2D eigenvalue weighted by atomic mass is 35.5. The molecule has 3 aromatic rings. The van der Waals surface area contributed by atoms with E-state index in [2.05, 4.69) is 27.5 Å². The molecule has 9 nitrogen and oxygen atoms in total. The summed E-state index contributed by atoms with van der Waals surface area (Å²) in [5, 5.41) is 6.87. The Morgan fingerprint density at radius 2 is 2.00 bits per heavy atom. The number of urea groups is 1. The molecule has 2 saturated heterocycles. The third-order valence-electron chi connectivity index (χ3n) is 7.59. The van der Waals surface area contributed by atoms with Crippen LogP contribution in [0.3, 0.4) is 0 Å². The van der Waals surface area contributed by atoms with E-state index in [-0.39, 0.29) is 39.4 Å². The van der Waals surface area contributed by atoms with Gasteiger partial charge < -0.3 is 24.8 Å². The molecule has 2 amide bonds. The number of halogens is 2. The molecule has 0 aliphatic carbocycles. The van der Waals surface area contributed by atoms with Gasteiger partial charge in [0.25, 0.3) is 0 Å². The van der Waals surface area contributed by atoms with Gasteiger partial charge in [0.05, 0.1) is 36.4 Å². The molecule has 0 spiro atoms. The number of fused-ring (bicyclic) bond motifs is 1. The SMILES string of the molecule is COc1cc2ncnc(Nc3cccc(Cl)c3F)c2cc1O[C@H]1CC(C)[N+](C)(C(=O)NC2CCOCC2)C1. The Kier molecular flexibility index (Phi) is 7.56. The van der Waals surface area contributed by atoms with Crippen LogP contribution in [0.5, 0.6) is 11.5 Å². The number of likely N-dealkylation sites (N-methyl/N-ethyl adjacent to an activating group) is 1. The van der Waals surface area contributed by atoms with Crippen molar-refractivity contribution >= 4 is 40.0 Å². The molecule has 11 heteroatoms. The van der Waals surface area contributed by atoms with E-state index in [9.17, 15) is 9.18 Å². The van der Waals surface area contributed by atoms with E-state index < -0.39 is 5.82 Å². The number of quaternary nitrogens is 1. The molecule has 0 radical (unpaired) electrons. The monoisotopic (exact) mass is 544 g/mol. The molecule has 5 rings (SSSR count). The fourth-order valence-electron chi connectivity index (χ4n) is 5.15. The Labute approximate surface area is 225 Å². The Balaban J connectivity index is 1.38. The topological polar surface area (TPSA) is 94.6 Å². The van der Waals surface area contributed by atoms with Gasteiger partial charge in [-0.25, -0.2) is 23.6 Å². The third kappa shape index (κ3) is 5.21. The van der Waals surface area contributed by atoms with E-state index in [4.69, 9.17) is 25.8 Å². The number of hydrogen-bond acceptors (Lipinski definition) is 7. The van der Waals surface area contributed by atoms with Crippen molar-refractivity contribution in [2.24, 2.45) is 0 Å². The maximum Gasteiger partial charge on any atom is 0.416 e. The van der Waals surface area contributed by atoms with Gasteiger partial charge in [0, 0.05) is 37.1 Å². The highest BCUT2D eigenvalue weighted by Gasteiger charge is 2.48. The number of nitrogens with one attached hydrogen (secondary N) is 2. The summed E-state index contributed by atoms with van der Waals surface area (Å²) < 4.78 is 32.3. The van der Waals surface area contributed by atoms with Crippen LogP contribution in [0.25, 0.3) is 10.9 Å². The average Bonchev–Trinajstić information content (AvgIpc) is 3.21. The number of likely N-dealkylation sites (tertiary alicyclic amines) is 1. The van der Waals surface area contributed by atoms with Gasteiger partial charge in [-0.1, -0.05) is 17.7 Å². The molecular formula is C27H32ClFN5O4+. The molecule has 38 heavy (non-hydrogen) atoms. The number of rotatable bonds is 6. The minimum atomic E-state index is -0.568. The van der Waals surface area contributed by atoms with E-state index in [0.717, 1.165) is 12.8 Å². The molecule has 3 atom stereocenters. The summed E-state index contributed by atoms with van der Waals surface area (Å²) in [6.07, 6.45) is 3.53. The number of carbonyl (C=O) groups excluding carboxylic acids is 1. The Bertz CT molecular complexity index is 1340. The summed E-state index contributed by atoms with van der Waals surface area (Å²) in [5.74, 6) is 0.846. The molecule has 3 heterocycles. The van der Waals surface area contributed by atoms with E-state index in [1.165, 1.54) is 12.4 Å². The second-order valence-corrected chi connectivity index (χ2v) is 10.5. The van der Waals surface area contributed by atoms with E-state index in [0.29, 0.717) is 54.4 Å². The normalized spacial score (nSPS) is 23.8. The number of methoxy groups -OCH3 is 1. The first-order chi connectivity index (χ1) is 18.3. The zero-order valence-electron chi connectivity index (χ0n) is 21.7.